The molecule has 1 saturated heterocycles. The number of likely N-dealkylation sites (N-methyl/N-ethyl adjacent to an activating group) is 1. The zero-order chi connectivity index (χ0) is 12.3. The summed E-state index contributed by atoms with van der Waals surface area (Å²) in [7, 11) is 1.79. The second kappa shape index (κ2) is 5.09. The van der Waals surface area contributed by atoms with Gasteiger partial charge in [0.05, 0.1) is 6.54 Å². The van der Waals surface area contributed by atoms with Gasteiger partial charge in [0, 0.05) is 45.1 Å². The summed E-state index contributed by atoms with van der Waals surface area (Å²) in [5.74, 6) is 0.835. The summed E-state index contributed by atoms with van der Waals surface area (Å²) >= 11 is 0. The molecule has 1 amide bonds. The molecule has 0 aromatic carbocycles. The molecule has 0 unspecified atom stereocenters. The quantitative estimate of drug-likeness (QED) is 0.753. The van der Waals surface area contributed by atoms with Crippen LogP contribution in [-0.2, 0) is 4.79 Å². The van der Waals surface area contributed by atoms with Gasteiger partial charge in [0.1, 0.15) is 0 Å². The van der Waals surface area contributed by atoms with Crippen LogP contribution in [0.4, 0.5) is 5.95 Å². The van der Waals surface area contributed by atoms with Crippen molar-refractivity contribution in [3.05, 3.63) is 18.5 Å². The molecule has 0 spiro atoms. The SMILES string of the molecule is CN(CC(=O)N1CC(CO)C1)c1ncccn1. The van der Waals surface area contributed by atoms with Gasteiger partial charge in [-0.25, -0.2) is 9.97 Å². The lowest BCUT2D eigenvalue weighted by molar-refractivity contribution is -0.136. The maximum atomic E-state index is 11.8. The lowest BCUT2D eigenvalue weighted by atomic mass is 10.0. The van der Waals surface area contributed by atoms with Gasteiger partial charge in [-0.05, 0) is 6.07 Å². The minimum Gasteiger partial charge on any atom is -0.396 e. The fraction of sp³-hybridized carbons (Fsp3) is 0.545. The van der Waals surface area contributed by atoms with E-state index in [9.17, 15) is 4.79 Å². The van der Waals surface area contributed by atoms with Crippen molar-refractivity contribution in [3.8, 4) is 0 Å². The lowest BCUT2D eigenvalue weighted by Crippen LogP contribution is -2.53. The summed E-state index contributed by atoms with van der Waals surface area (Å²) in [6, 6.07) is 1.74. The molecule has 0 atom stereocenters. The number of aromatic nitrogens is 2. The first-order valence-electron chi connectivity index (χ1n) is 5.57. The molecule has 6 heteroatoms. The molecular weight excluding hydrogens is 220 g/mol. The van der Waals surface area contributed by atoms with Gasteiger partial charge in [0.25, 0.3) is 0 Å². The number of likely N-dealkylation sites (tertiary alicyclic amines) is 1. The third-order valence-corrected chi connectivity index (χ3v) is 2.83. The van der Waals surface area contributed by atoms with Crippen molar-refractivity contribution >= 4 is 11.9 Å². The highest BCUT2D eigenvalue weighted by atomic mass is 16.3. The predicted octanol–water partition coefficient (Wildman–Crippen LogP) is -0.636. The maximum absolute atomic E-state index is 11.8. The number of carbonyl (C=O) groups is 1. The fourth-order valence-corrected chi connectivity index (χ4v) is 1.75. The minimum atomic E-state index is 0.0460. The van der Waals surface area contributed by atoms with Crippen LogP contribution in [0.5, 0.6) is 0 Å². The molecule has 0 radical (unpaired) electrons. The summed E-state index contributed by atoms with van der Waals surface area (Å²) in [5, 5.41) is 8.88. The van der Waals surface area contributed by atoms with Crippen LogP contribution in [0.15, 0.2) is 18.5 Å². The van der Waals surface area contributed by atoms with E-state index in [4.69, 9.17) is 5.11 Å². The second-order valence-corrected chi connectivity index (χ2v) is 4.25. The average Bonchev–Trinajstić information content (AvgIpc) is 2.28. The monoisotopic (exact) mass is 236 g/mol. The molecule has 2 heterocycles. The lowest BCUT2D eigenvalue weighted by Gasteiger charge is -2.39. The molecule has 1 aliphatic heterocycles. The van der Waals surface area contributed by atoms with Gasteiger partial charge in [-0.3, -0.25) is 4.79 Å². The normalized spacial score (nSPS) is 15.5. The number of hydrogen-bond donors (Lipinski definition) is 1. The molecule has 1 N–H and O–H groups in total. The van der Waals surface area contributed by atoms with Gasteiger partial charge in [0.15, 0.2) is 0 Å². The number of carbonyl (C=O) groups excluding carboxylic acids is 1. The first kappa shape index (κ1) is 11.8. The summed E-state index contributed by atoms with van der Waals surface area (Å²) < 4.78 is 0. The highest BCUT2D eigenvalue weighted by Gasteiger charge is 2.30. The Morgan fingerprint density at radius 1 is 1.53 bits per heavy atom. The smallest absolute Gasteiger partial charge is 0.242 e. The summed E-state index contributed by atoms with van der Waals surface area (Å²) in [6.45, 7) is 1.72. The van der Waals surface area contributed by atoms with Gasteiger partial charge in [-0.2, -0.15) is 0 Å². The topological polar surface area (TPSA) is 69.6 Å². The molecular formula is C11H16N4O2. The molecule has 1 fully saturated rings. The Labute approximate surface area is 99.9 Å². The number of anilines is 1. The van der Waals surface area contributed by atoms with Crippen LogP contribution in [0.1, 0.15) is 0 Å². The number of hydrogen-bond acceptors (Lipinski definition) is 5. The van der Waals surface area contributed by atoms with Crippen LogP contribution in [0, 0.1) is 5.92 Å². The first-order chi connectivity index (χ1) is 8.20. The van der Waals surface area contributed by atoms with E-state index in [1.807, 2.05) is 0 Å². The average molecular weight is 236 g/mol. The van der Waals surface area contributed by atoms with Crippen molar-refractivity contribution in [2.75, 3.05) is 38.2 Å². The van der Waals surface area contributed by atoms with E-state index < -0.39 is 0 Å². The Balaban J connectivity index is 1.83. The molecule has 17 heavy (non-hydrogen) atoms. The zero-order valence-corrected chi connectivity index (χ0v) is 9.78. The molecule has 0 bridgehead atoms. The molecule has 1 aromatic heterocycles. The molecule has 2 rings (SSSR count). The van der Waals surface area contributed by atoms with Gasteiger partial charge >= 0.3 is 0 Å². The van der Waals surface area contributed by atoms with Crippen LogP contribution >= 0.6 is 0 Å². The van der Waals surface area contributed by atoms with Gasteiger partial charge in [-0.1, -0.05) is 0 Å². The molecule has 92 valence electrons. The summed E-state index contributed by atoms with van der Waals surface area (Å²) in [5.41, 5.74) is 0. The maximum Gasteiger partial charge on any atom is 0.242 e. The number of rotatable bonds is 4. The van der Waals surface area contributed by atoms with Gasteiger partial charge in [-0.15, -0.1) is 0 Å². The van der Waals surface area contributed by atoms with E-state index in [0.717, 1.165) is 0 Å². The molecule has 0 saturated carbocycles. The standard InChI is InChI=1S/C11H16N4O2/c1-14(11-12-3-2-4-13-11)7-10(17)15-5-9(6-15)8-16/h2-4,9,16H,5-8H2,1H3. The highest BCUT2D eigenvalue weighted by Crippen LogP contribution is 2.15. The summed E-state index contributed by atoms with van der Waals surface area (Å²) in [6.07, 6.45) is 3.30. The van der Waals surface area contributed by atoms with Crippen LogP contribution < -0.4 is 4.90 Å². The summed E-state index contributed by atoms with van der Waals surface area (Å²) in [4.78, 5) is 23.4. The van der Waals surface area contributed by atoms with Crippen molar-refractivity contribution in [1.29, 1.82) is 0 Å². The fourth-order valence-electron chi connectivity index (χ4n) is 1.75. The second-order valence-electron chi connectivity index (χ2n) is 4.25. The Morgan fingerprint density at radius 3 is 2.76 bits per heavy atom. The number of aliphatic hydroxyl groups is 1. The largest absolute Gasteiger partial charge is 0.396 e. The van der Waals surface area contributed by atoms with E-state index in [1.165, 1.54) is 0 Å². The van der Waals surface area contributed by atoms with E-state index >= 15 is 0 Å². The first-order valence-corrected chi connectivity index (χ1v) is 5.57. The van der Waals surface area contributed by atoms with Crippen molar-refractivity contribution in [2.45, 2.75) is 0 Å². The van der Waals surface area contributed by atoms with Gasteiger partial charge < -0.3 is 14.9 Å². The molecule has 1 aliphatic rings. The van der Waals surface area contributed by atoms with Crippen molar-refractivity contribution in [3.63, 3.8) is 0 Å². The van der Waals surface area contributed by atoms with E-state index in [0.29, 0.717) is 19.0 Å². The highest BCUT2D eigenvalue weighted by molar-refractivity contribution is 5.81. The molecule has 0 aliphatic carbocycles. The predicted molar refractivity (Wildman–Crippen MR) is 62.5 cm³/mol. The van der Waals surface area contributed by atoms with E-state index in [-0.39, 0.29) is 25.0 Å². The van der Waals surface area contributed by atoms with Crippen LogP contribution in [-0.4, -0.2) is 59.2 Å². The van der Waals surface area contributed by atoms with Crippen LogP contribution in [0.25, 0.3) is 0 Å². The van der Waals surface area contributed by atoms with Crippen molar-refractivity contribution in [2.24, 2.45) is 5.92 Å². The Kier molecular flexibility index (Phi) is 3.53. The van der Waals surface area contributed by atoms with E-state index in [2.05, 4.69) is 9.97 Å². The number of nitrogens with zero attached hydrogens (tertiary/aromatic N) is 4. The Hall–Kier alpha value is -1.69. The number of aliphatic hydroxyl groups excluding tert-OH is 1. The Morgan fingerprint density at radius 2 is 2.18 bits per heavy atom. The third-order valence-electron chi connectivity index (χ3n) is 2.83. The van der Waals surface area contributed by atoms with Crippen molar-refractivity contribution < 1.29 is 9.90 Å². The Bertz CT molecular complexity index is 378. The van der Waals surface area contributed by atoms with Crippen LogP contribution in [0.3, 0.4) is 0 Å². The molecule has 1 aromatic rings. The van der Waals surface area contributed by atoms with Gasteiger partial charge in [0.2, 0.25) is 11.9 Å². The van der Waals surface area contributed by atoms with E-state index in [1.54, 1.807) is 35.3 Å². The third kappa shape index (κ3) is 2.71. The molecule has 6 nitrogen and oxygen atoms in total. The van der Waals surface area contributed by atoms with Crippen LogP contribution in [0.2, 0.25) is 0 Å². The zero-order valence-electron chi connectivity index (χ0n) is 9.78. The minimum absolute atomic E-state index is 0.0460. The van der Waals surface area contributed by atoms with Crippen molar-refractivity contribution in [1.82, 2.24) is 14.9 Å². The number of amides is 1.